The smallest absolute Gasteiger partial charge is 0.235 e. The van der Waals surface area contributed by atoms with Gasteiger partial charge in [-0.3, -0.25) is 4.79 Å². The van der Waals surface area contributed by atoms with E-state index < -0.39 is 5.41 Å². The first-order valence-corrected chi connectivity index (χ1v) is 12.0. The van der Waals surface area contributed by atoms with Gasteiger partial charge < -0.3 is 15.4 Å². The molecular formula is C26H26FN7O2. The minimum absolute atomic E-state index is 0.132. The van der Waals surface area contributed by atoms with Crippen LogP contribution in [-0.4, -0.2) is 50.4 Å². The van der Waals surface area contributed by atoms with Crippen LogP contribution in [0.15, 0.2) is 42.6 Å². The maximum Gasteiger partial charge on any atom is 0.235 e. The number of nitrogens with zero attached hydrogens (tertiary/aromatic N) is 5. The summed E-state index contributed by atoms with van der Waals surface area (Å²) in [4.78, 5) is 26.8. The summed E-state index contributed by atoms with van der Waals surface area (Å²) >= 11 is 0. The molecule has 1 atom stereocenters. The topological polar surface area (TPSA) is 107 Å². The van der Waals surface area contributed by atoms with E-state index in [1.165, 1.54) is 6.07 Å². The Morgan fingerprint density at radius 3 is 2.89 bits per heavy atom. The minimum Gasteiger partial charge on any atom is -0.381 e. The van der Waals surface area contributed by atoms with Crippen molar-refractivity contribution in [3.05, 3.63) is 59.5 Å². The summed E-state index contributed by atoms with van der Waals surface area (Å²) in [7, 11) is 0. The van der Waals surface area contributed by atoms with Crippen LogP contribution in [0.3, 0.4) is 0 Å². The monoisotopic (exact) mass is 487 g/mol. The highest BCUT2D eigenvalue weighted by Gasteiger charge is 2.43. The Labute approximate surface area is 207 Å². The van der Waals surface area contributed by atoms with Crippen molar-refractivity contribution in [1.29, 1.82) is 0 Å². The number of hydrogen-bond acceptors (Lipinski definition) is 7. The van der Waals surface area contributed by atoms with Gasteiger partial charge in [-0.1, -0.05) is 18.2 Å². The molecule has 10 heteroatoms. The number of carbonyl (C=O) groups is 1. The molecule has 184 valence electrons. The van der Waals surface area contributed by atoms with Gasteiger partial charge in [-0.2, -0.15) is 5.10 Å². The predicted molar refractivity (Wildman–Crippen MR) is 133 cm³/mol. The molecule has 2 aliphatic heterocycles. The molecule has 0 bridgehead atoms. The number of nitrogens with one attached hydrogen (secondary N) is 2. The quantitative estimate of drug-likeness (QED) is 0.427. The highest BCUT2D eigenvalue weighted by atomic mass is 19.1. The van der Waals surface area contributed by atoms with Gasteiger partial charge in [-0.25, -0.2) is 24.0 Å². The lowest BCUT2D eigenvalue weighted by Crippen LogP contribution is -2.28. The van der Waals surface area contributed by atoms with Crippen LogP contribution in [0.2, 0.25) is 0 Å². The van der Waals surface area contributed by atoms with Gasteiger partial charge in [0, 0.05) is 30.8 Å². The van der Waals surface area contributed by atoms with E-state index >= 15 is 0 Å². The lowest BCUT2D eigenvalue weighted by Gasteiger charge is -2.20. The van der Waals surface area contributed by atoms with Crippen molar-refractivity contribution < 1.29 is 13.9 Å². The van der Waals surface area contributed by atoms with Gasteiger partial charge in [-0.15, -0.1) is 0 Å². The van der Waals surface area contributed by atoms with Crippen LogP contribution >= 0.6 is 0 Å². The predicted octanol–water partition coefficient (Wildman–Crippen LogP) is 3.75. The molecule has 1 aromatic carbocycles. The molecule has 2 aliphatic rings. The highest BCUT2D eigenvalue weighted by Crippen LogP contribution is 2.42. The number of aromatic nitrogens is 5. The molecule has 36 heavy (non-hydrogen) atoms. The van der Waals surface area contributed by atoms with Crippen LogP contribution < -0.4 is 10.6 Å². The van der Waals surface area contributed by atoms with Crippen molar-refractivity contribution in [3.63, 3.8) is 0 Å². The van der Waals surface area contributed by atoms with Gasteiger partial charge in [0.25, 0.3) is 0 Å². The number of rotatable bonds is 6. The van der Waals surface area contributed by atoms with E-state index in [2.05, 4.69) is 15.6 Å². The molecule has 1 amide bonds. The fraction of sp³-hybridized carbons (Fsp3) is 0.346. The van der Waals surface area contributed by atoms with Gasteiger partial charge >= 0.3 is 0 Å². The van der Waals surface area contributed by atoms with Crippen LogP contribution in [0.4, 0.5) is 16.0 Å². The number of amides is 1. The van der Waals surface area contributed by atoms with Crippen molar-refractivity contribution in [2.75, 3.05) is 30.4 Å². The molecule has 6 rings (SSSR count). The van der Waals surface area contributed by atoms with Crippen LogP contribution in [0.25, 0.3) is 22.6 Å². The molecule has 0 unspecified atom stereocenters. The van der Waals surface area contributed by atoms with E-state index in [9.17, 15) is 9.18 Å². The molecule has 3 aromatic heterocycles. The Bertz CT molecular complexity index is 1480. The third-order valence-electron chi connectivity index (χ3n) is 6.91. The minimum atomic E-state index is -0.782. The SMILES string of the molecule is CC1(C)C(=O)Nc2nc(-c3nn(Cc4ccccc4F)c4ncccc34)nc(NC[C@@H]3CCOC3)c21. The van der Waals surface area contributed by atoms with Gasteiger partial charge in [0.2, 0.25) is 5.91 Å². The normalized spacial score (nSPS) is 18.4. The Morgan fingerprint density at radius 2 is 2.08 bits per heavy atom. The highest BCUT2D eigenvalue weighted by molar-refractivity contribution is 6.06. The molecule has 0 aliphatic carbocycles. The van der Waals surface area contributed by atoms with Gasteiger partial charge in [0.05, 0.1) is 29.5 Å². The molecule has 0 spiro atoms. The molecule has 2 N–H and O–H groups in total. The number of hydrogen-bond donors (Lipinski definition) is 2. The van der Waals surface area contributed by atoms with Crippen molar-refractivity contribution in [2.24, 2.45) is 5.92 Å². The first-order valence-electron chi connectivity index (χ1n) is 12.0. The molecule has 1 fully saturated rings. The third kappa shape index (κ3) is 3.78. The van der Waals surface area contributed by atoms with Crippen molar-refractivity contribution in [2.45, 2.75) is 32.2 Å². The maximum atomic E-state index is 14.4. The number of halogens is 1. The number of benzene rings is 1. The third-order valence-corrected chi connectivity index (χ3v) is 6.91. The first-order chi connectivity index (χ1) is 17.4. The van der Waals surface area contributed by atoms with E-state index in [0.717, 1.165) is 24.0 Å². The molecule has 1 saturated heterocycles. The van der Waals surface area contributed by atoms with E-state index in [4.69, 9.17) is 19.8 Å². The Kier molecular flexibility index (Phi) is 5.40. The lowest BCUT2D eigenvalue weighted by molar-refractivity contribution is -0.119. The van der Waals surface area contributed by atoms with Gasteiger partial charge in [0.15, 0.2) is 11.5 Å². The fourth-order valence-electron chi connectivity index (χ4n) is 4.81. The summed E-state index contributed by atoms with van der Waals surface area (Å²) in [6.45, 7) is 6.07. The van der Waals surface area contributed by atoms with E-state index in [0.29, 0.717) is 53.4 Å². The molecule has 4 aromatic rings. The molecule has 0 saturated carbocycles. The van der Waals surface area contributed by atoms with E-state index in [1.54, 1.807) is 29.1 Å². The second kappa shape index (κ2) is 8.63. The largest absolute Gasteiger partial charge is 0.381 e. The maximum absolute atomic E-state index is 14.4. The number of carbonyl (C=O) groups excluding carboxylic acids is 1. The summed E-state index contributed by atoms with van der Waals surface area (Å²) in [5.74, 6) is 1.37. The number of pyridine rings is 1. The summed E-state index contributed by atoms with van der Waals surface area (Å²) in [6, 6.07) is 10.3. The average molecular weight is 488 g/mol. The fourth-order valence-corrected chi connectivity index (χ4v) is 4.81. The molecular weight excluding hydrogens is 461 g/mol. The van der Waals surface area contributed by atoms with Crippen LogP contribution in [0.5, 0.6) is 0 Å². The second-order valence-electron chi connectivity index (χ2n) is 9.78. The Balaban J connectivity index is 1.45. The first kappa shape index (κ1) is 22.5. The van der Waals surface area contributed by atoms with Crippen molar-refractivity contribution in [3.8, 4) is 11.5 Å². The van der Waals surface area contributed by atoms with Crippen LogP contribution in [0, 0.1) is 11.7 Å². The number of fused-ring (bicyclic) bond motifs is 2. The summed E-state index contributed by atoms with van der Waals surface area (Å²) < 4.78 is 21.6. The Morgan fingerprint density at radius 1 is 1.22 bits per heavy atom. The van der Waals surface area contributed by atoms with Crippen LogP contribution in [0.1, 0.15) is 31.4 Å². The van der Waals surface area contributed by atoms with Crippen molar-refractivity contribution >= 4 is 28.6 Å². The molecule has 9 nitrogen and oxygen atoms in total. The van der Waals surface area contributed by atoms with Gasteiger partial charge in [0.1, 0.15) is 23.1 Å². The zero-order valence-electron chi connectivity index (χ0n) is 20.1. The summed E-state index contributed by atoms with van der Waals surface area (Å²) in [6.07, 6.45) is 2.65. The second-order valence-corrected chi connectivity index (χ2v) is 9.78. The summed E-state index contributed by atoms with van der Waals surface area (Å²) in [5, 5.41) is 11.9. The van der Waals surface area contributed by atoms with E-state index in [-0.39, 0.29) is 18.3 Å². The summed E-state index contributed by atoms with van der Waals surface area (Å²) in [5.41, 5.74) is 1.58. The zero-order chi connectivity index (χ0) is 24.9. The van der Waals surface area contributed by atoms with Gasteiger partial charge in [-0.05, 0) is 38.5 Å². The number of anilines is 2. The van der Waals surface area contributed by atoms with Crippen molar-refractivity contribution in [1.82, 2.24) is 24.7 Å². The molecule has 0 radical (unpaired) electrons. The lowest BCUT2D eigenvalue weighted by atomic mass is 9.87. The molecule has 5 heterocycles. The van der Waals surface area contributed by atoms with E-state index in [1.807, 2.05) is 26.0 Å². The Hall–Kier alpha value is -3.92. The number of ether oxygens (including phenoxy) is 1. The standard InChI is InChI=1S/C26H26FN7O2/c1-26(2)19-21(29-12-15-9-11-36-14-15)30-23(31-22(19)32-25(26)35)20-17-7-5-10-28-24(17)34(33-20)13-16-6-3-4-8-18(16)27/h3-8,10,15H,9,11-14H2,1-2H3,(H2,29,30,31,32,35)/t15-/m0/s1. The average Bonchev–Trinajstić information content (AvgIpc) is 3.57. The zero-order valence-corrected chi connectivity index (χ0v) is 20.1. The van der Waals surface area contributed by atoms with Crippen LogP contribution in [-0.2, 0) is 21.5 Å².